The molecule has 0 aliphatic carbocycles. The SMILES string of the molecule is CCCC1CCC(C(F)(F)Oc2cc(F)c(C(F)(F)F)c(F)c2)=CO1. The van der Waals surface area contributed by atoms with E-state index in [1.807, 2.05) is 6.92 Å². The van der Waals surface area contributed by atoms with Crippen molar-refractivity contribution in [3.05, 3.63) is 41.2 Å². The average molecular weight is 372 g/mol. The fourth-order valence-corrected chi connectivity index (χ4v) is 2.46. The Bertz CT molecular complexity index is 629. The standard InChI is InChI=1S/C16H15F7O2/c1-2-3-10-5-4-9(8-24-10)16(22,23)25-11-6-12(17)14(13(18)7-11)15(19,20)21/h6-8,10H,2-5H2,1H3. The summed E-state index contributed by atoms with van der Waals surface area (Å²) in [5.74, 6) is -5.12. The van der Waals surface area contributed by atoms with E-state index in [1.165, 1.54) is 0 Å². The number of ether oxygens (including phenoxy) is 2. The van der Waals surface area contributed by atoms with Crippen molar-refractivity contribution in [2.24, 2.45) is 0 Å². The molecule has 2 rings (SSSR count). The Morgan fingerprint density at radius 1 is 1.12 bits per heavy atom. The van der Waals surface area contributed by atoms with Gasteiger partial charge in [0, 0.05) is 12.1 Å². The first-order valence-corrected chi connectivity index (χ1v) is 7.52. The molecule has 0 saturated heterocycles. The van der Waals surface area contributed by atoms with Crippen LogP contribution in [-0.2, 0) is 10.9 Å². The first-order valence-electron chi connectivity index (χ1n) is 7.52. The largest absolute Gasteiger partial charge is 0.498 e. The number of hydrogen-bond acceptors (Lipinski definition) is 2. The van der Waals surface area contributed by atoms with Crippen molar-refractivity contribution < 1.29 is 40.2 Å². The molecule has 0 spiro atoms. The Balaban J connectivity index is 2.18. The number of hydrogen-bond donors (Lipinski definition) is 0. The zero-order valence-electron chi connectivity index (χ0n) is 13.1. The van der Waals surface area contributed by atoms with Gasteiger partial charge in [0.1, 0.15) is 22.9 Å². The van der Waals surface area contributed by atoms with Gasteiger partial charge in [-0.2, -0.15) is 22.0 Å². The molecule has 0 fully saturated rings. The van der Waals surface area contributed by atoms with E-state index in [0.717, 1.165) is 12.7 Å². The molecule has 1 atom stereocenters. The Morgan fingerprint density at radius 2 is 1.72 bits per heavy atom. The van der Waals surface area contributed by atoms with Crippen LogP contribution in [0.5, 0.6) is 5.75 Å². The second-order valence-electron chi connectivity index (χ2n) is 5.61. The lowest BCUT2D eigenvalue weighted by Crippen LogP contribution is -2.31. The molecule has 0 aromatic heterocycles. The van der Waals surface area contributed by atoms with Crippen LogP contribution < -0.4 is 4.74 Å². The molecule has 1 aromatic carbocycles. The van der Waals surface area contributed by atoms with Gasteiger partial charge in [0.25, 0.3) is 0 Å². The van der Waals surface area contributed by atoms with Crippen LogP contribution in [0.15, 0.2) is 24.0 Å². The van der Waals surface area contributed by atoms with Crippen LogP contribution in [0.1, 0.15) is 38.2 Å². The molecule has 140 valence electrons. The van der Waals surface area contributed by atoms with Gasteiger partial charge in [-0.1, -0.05) is 13.3 Å². The normalized spacial score (nSPS) is 18.6. The smallest absolute Gasteiger partial charge is 0.425 e. The van der Waals surface area contributed by atoms with E-state index in [4.69, 9.17) is 4.74 Å². The first-order chi connectivity index (χ1) is 11.5. The highest BCUT2D eigenvalue weighted by Gasteiger charge is 2.42. The van der Waals surface area contributed by atoms with E-state index < -0.39 is 40.8 Å². The van der Waals surface area contributed by atoms with Gasteiger partial charge in [0.05, 0.1) is 17.9 Å². The second-order valence-corrected chi connectivity index (χ2v) is 5.61. The van der Waals surface area contributed by atoms with Crippen LogP contribution in [-0.4, -0.2) is 12.2 Å². The quantitative estimate of drug-likeness (QED) is 0.607. The fourth-order valence-electron chi connectivity index (χ4n) is 2.46. The predicted octanol–water partition coefficient (Wildman–Crippen LogP) is 5.82. The van der Waals surface area contributed by atoms with Crippen molar-refractivity contribution in [3.8, 4) is 5.75 Å². The fraction of sp³-hybridized carbons (Fsp3) is 0.500. The van der Waals surface area contributed by atoms with E-state index in [1.54, 1.807) is 0 Å². The highest BCUT2D eigenvalue weighted by Crippen LogP contribution is 2.38. The minimum Gasteiger partial charge on any atom is -0.498 e. The molecule has 1 aromatic rings. The van der Waals surface area contributed by atoms with E-state index in [9.17, 15) is 30.7 Å². The van der Waals surface area contributed by atoms with Crippen molar-refractivity contribution in [1.82, 2.24) is 0 Å². The van der Waals surface area contributed by atoms with E-state index in [0.29, 0.717) is 12.8 Å². The molecule has 0 amide bonds. The van der Waals surface area contributed by atoms with Crippen LogP contribution in [0.25, 0.3) is 0 Å². The highest BCUT2D eigenvalue weighted by atomic mass is 19.4. The van der Waals surface area contributed by atoms with Gasteiger partial charge >= 0.3 is 12.3 Å². The summed E-state index contributed by atoms with van der Waals surface area (Å²) in [6.45, 7) is 1.91. The number of benzene rings is 1. The molecule has 0 bridgehead atoms. The summed E-state index contributed by atoms with van der Waals surface area (Å²) in [4.78, 5) is 0. The summed E-state index contributed by atoms with van der Waals surface area (Å²) in [7, 11) is 0. The highest BCUT2D eigenvalue weighted by molar-refractivity contribution is 5.33. The Kier molecular flexibility index (Phi) is 5.53. The molecular weight excluding hydrogens is 357 g/mol. The van der Waals surface area contributed by atoms with Gasteiger partial charge in [-0.3, -0.25) is 0 Å². The summed E-state index contributed by atoms with van der Waals surface area (Å²) < 4.78 is 102. The van der Waals surface area contributed by atoms with Gasteiger partial charge in [-0.05, 0) is 19.3 Å². The lowest BCUT2D eigenvalue weighted by molar-refractivity contribution is -0.150. The molecule has 1 aliphatic heterocycles. The summed E-state index contributed by atoms with van der Waals surface area (Å²) in [5.41, 5.74) is -2.72. The molecule has 0 saturated carbocycles. The zero-order chi connectivity index (χ0) is 18.8. The van der Waals surface area contributed by atoms with Crippen molar-refractivity contribution in [3.63, 3.8) is 0 Å². The van der Waals surface area contributed by atoms with Gasteiger partial charge in [-0.15, -0.1) is 0 Å². The summed E-state index contributed by atoms with van der Waals surface area (Å²) in [6, 6.07) is 0.147. The maximum Gasteiger partial charge on any atom is 0.425 e. The second kappa shape index (κ2) is 7.13. The van der Waals surface area contributed by atoms with Crippen molar-refractivity contribution in [1.29, 1.82) is 0 Å². The Labute approximate surface area is 139 Å². The molecule has 1 aliphatic rings. The predicted molar refractivity (Wildman–Crippen MR) is 74.0 cm³/mol. The van der Waals surface area contributed by atoms with Crippen LogP contribution in [0.2, 0.25) is 0 Å². The number of alkyl halides is 5. The van der Waals surface area contributed by atoms with E-state index in [2.05, 4.69) is 4.74 Å². The van der Waals surface area contributed by atoms with Crippen LogP contribution in [0.3, 0.4) is 0 Å². The molecule has 9 heteroatoms. The average Bonchev–Trinajstić information content (AvgIpc) is 2.45. The summed E-state index contributed by atoms with van der Waals surface area (Å²) in [5, 5.41) is 0. The molecule has 1 heterocycles. The van der Waals surface area contributed by atoms with Gasteiger partial charge in [0.15, 0.2) is 0 Å². The lowest BCUT2D eigenvalue weighted by atomic mass is 10.0. The van der Waals surface area contributed by atoms with Crippen LogP contribution >= 0.6 is 0 Å². The van der Waals surface area contributed by atoms with Crippen LogP contribution in [0, 0.1) is 11.6 Å². The van der Waals surface area contributed by atoms with Gasteiger partial charge in [-0.25, -0.2) is 8.78 Å². The van der Waals surface area contributed by atoms with Crippen molar-refractivity contribution >= 4 is 0 Å². The third-order valence-corrected chi connectivity index (χ3v) is 3.67. The minimum absolute atomic E-state index is 0.0662. The van der Waals surface area contributed by atoms with Gasteiger partial charge in [0.2, 0.25) is 0 Å². The first kappa shape index (κ1) is 19.4. The molecule has 0 radical (unpaired) electrons. The summed E-state index contributed by atoms with van der Waals surface area (Å²) >= 11 is 0. The Hall–Kier alpha value is -1.93. The number of halogens is 7. The van der Waals surface area contributed by atoms with Gasteiger partial charge < -0.3 is 9.47 Å². The van der Waals surface area contributed by atoms with Crippen molar-refractivity contribution in [2.75, 3.05) is 0 Å². The third-order valence-electron chi connectivity index (χ3n) is 3.67. The van der Waals surface area contributed by atoms with E-state index >= 15 is 0 Å². The molecular formula is C16H15F7O2. The van der Waals surface area contributed by atoms with E-state index in [-0.39, 0.29) is 24.7 Å². The minimum atomic E-state index is -5.29. The van der Waals surface area contributed by atoms with Crippen molar-refractivity contribution in [2.45, 2.75) is 51.0 Å². The summed E-state index contributed by atoms with van der Waals surface area (Å²) in [6.07, 6.45) is -6.88. The lowest BCUT2D eigenvalue weighted by Gasteiger charge is -2.27. The Morgan fingerprint density at radius 3 is 2.16 bits per heavy atom. The molecule has 1 unspecified atom stereocenters. The zero-order valence-corrected chi connectivity index (χ0v) is 13.1. The monoisotopic (exact) mass is 372 g/mol. The van der Waals surface area contributed by atoms with Crippen LogP contribution in [0.4, 0.5) is 30.7 Å². The number of rotatable bonds is 5. The molecule has 0 N–H and O–H groups in total. The third kappa shape index (κ3) is 4.58. The topological polar surface area (TPSA) is 18.5 Å². The molecule has 25 heavy (non-hydrogen) atoms. The maximum atomic E-state index is 14.1. The molecule has 2 nitrogen and oxygen atoms in total. The maximum absolute atomic E-state index is 14.1.